The minimum Gasteiger partial charge on any atom is -0.492 e. The van der Waals surface area contributed by atoms with E-state index in [0.717, 1.165) is 5.01 Å². The third-order valence-corrected chi connectivity index (χ3v) is 7.32. The Hall–Kier alpha value is -3.70. The monoisotopic (exact) mass is 500 g/mol. The van der Waals surface area contributed by atoms with E-state index in [1.54, 1.807) is 32.0 Å². The molecule has 0 aromatic heterocycles. The number of carbonyl (C=O) groups is 2. The first-order valence-corrected chi connectivity index (χ1v) is 12.6. The van der Waals surface area contributed by atoms with Crippen molar-refractivity contribution in [1.82, 2.24) is 4.31 Å². The molecule has 0 spiro atoms. The fourth-order valence-corrected chi connectivity index (χ4v) is 5.00. The average Bonchev–Trinajstić information content (AvgIpc) is 3.13. The molecule has 0 fully saturated rings. The number of anilines is 2. The smallest absolute Gasteiger partial charge is 0.309 e. The van der Waals surface area contributed by atoms with E-state index < -0.39 is 28.3 Å². The van der Waals surface area contributed by atoms with Gasteiger partial charge in [-0.25, -0.2) is 8.42 Å². The van der Waals surface area contributed by atoms with Gasteiger partial charge in [-0.1, -0.05) is 26.0 Å². The fourth-order valence-electron chi connectivity index (χ4n) is 3.54. The van der Waals surface area contributed by atoms with E-state index in [2.05, 4.69) is 10.4 Å². The Morgan fingerprint density at radius 2 is 1.77 bits per heavy atom. The van der Waals surface area contributed by atoms with Crippen LogP contribution in [0.2, 0.25) is 0 Å². The topological polar surface area (TPSA) is 129 Å². The van der Waals surface area contributed by atoms with E-state index >= 15 is 0 Å². The highest BCUT2D eigenvalue weighted by molar-refractivity contribution is 7.89. The Morgan fingerprint density at radius 3 is 2.37 bits per heavy atom. The van der Waals surface area contributed by atoms with E-state index in [1.807, 2.05) is 13.0 Å². The minimum absolute atomic E-state index is 0.0729. The lowest BCUT2D eigenvalue weighted by atomic mass is 10.1. The van der Waals surface area contributed by atoms with E-state index in [4.69, 9.17) is 4.74 Å². The lowest BCUT2D eigenvalue weighted by Crippen LogP contribution is -2.30. The van der Waals surface area contributed by atoms with Crippen molar-refractivity contribution in [2.45, 2.75) is 32.1 Å². The molecular weight excluding hydrogens is 472 g/mol. The Kier molecular flexibility index (Phi) is 8.26. The molecule has 0 atom stereocenters. The van der Waals surface area contributed by atoms with E-state index in [-0.39, 0.29) is 16.2 Å². The van der Waals surface area contributed by atoms with Gasteiger partial charge in [-0.2, -0.15) is 14.4 Å². The summed E-state index contributed by atoms with van der Waals surface area (Å²) in [5.41, 5.74) is 1.07. The molecule has 0 radical (unpaired) electrons. The molecule has 2 aromatic carbocycles. The normalized spacial score (nSPS) is 15.0. The number of benzene rings is 2. The van der Waals surface area contributed by atoms with Crippen LogP contribution < -0.4 is 15.1 Å². The lowest BCUT2D eigenvalue weighted by Gasteiger charge is -2.19. The second kappa shape index (κ2) is 11.2. The number of hydrogen-bond acceptors (Lipinski definition) is 7. The number of carboxylic acids is 1. The quantitative estimate of drug-likeness (QED) is 0.453. The third kappa shape index (κ3) is 5.69. The molecule has 0 saturated heterocycles. The summed E-state index contributed by atoms with van der Waals surface area (Å²) in [4.78, 5) is 24.6. The van der Waals surface area contributed by atoms with Crippen LogP contribution in [0.4, 0.5) is 11.4 Å². The zero-order valence-electron chi connectivity index (χ0n) is 19.8. The highest BCUT2D eigenvalue weighted by Crippen LogP contribution is 2.28. The van der Waals surface area contributed by atoms with Gasteiger partial charge in [0, 0.05) is 19.3 Å². The number of carbonyl (C=O) groups excluding carboxylic acids is 1. The summed E-state index contributed by atoms with van der Waals surface area (Å²) in [6.07, 6.45) is 0.943. The van der Waals surface area contributed by atoms with Crippen molar-refractivity contribution in [3.05, 3.63) is 60.3 Å². The third-order valence-electron chi connectivity index (χ3n) is 5.26. The van der Waals surface area contributed by atoms with Gasteiger partial charge in [-0.15, -0.1) is 0 Å². The first kappa shape index (κ1) is 25.9. The van der Waals surface area contributed by atoms with Crippen molar-refractivity contribution in [3.63, 3.8) is 0 Å². The highest BCUT2D eigenvalue weighted by Gasteiger charge is 2.33. The van der Waals surface area contributed by atoms with Crippen molar-refractivity contribution in [2.75, 3.05) is 30.0 Å². The van der Waals surface area contributed by atoms with Crippen LogP contribution in [0, 0.1) is 0 Å². The van der Waals surface area contributed by atoms with Gasteiger partial charge in [0.2, 0.25) is 10.0 Å². The molecule has 1 aliphatic rings. The maximum atomic E-state index is 13.2. The Bertz CT molecular complexity index is 1250. The summed E-state index contributed by atoms with van der Waals surface area (Å²) in [6, 6.07) is 12.9. The number of ether oxygens (including phenoxy) is 1. The van der Waals surface area contributed by atoms with Crippen LogP contribution in [-0.4, -0.2) is 55.1 Å². The van der Waals surface area contributed by atoms with Crippen molar-refractivity contribution in [3.8, 4) is 5.75 Å². The number of nitrogens with zero attached hydrogens (tertiary/aromatic N) is 3. The standard InChI is InChI=1S/C24H28N4O6S/c1-4-27(5-2)35(32,33)18-13-11-17(12-14-18)28-24(31)19(21(26-28)15-23(29)30)16-25-20-9-7-8-10-22(20)34-6-3/h7-14,16,25H,4-6,15H2,1-3H3,(H,29,30). The number of rotatable bonds is 11. The zero-order valence-corrected chi connectivity index (χ0v) is 20.6. The number of carboxylic acid groups (broad SMARTS) is 1. The first-order chi connectivity index (χ1) is 16.7. The first-order valence-electron chi connectivity index (χ1n) is 11.2. The Labute approximate surface area is 204 Å². The van der Waals surface area contributed by atoms with E-state index in [0.29, 0.717) is 36.8 Å². The fraction of sp³-hybridized carbons (Fsp3) is 0.292. The van der Waals surface area contributed by atoms with Crippen LogP contribution in [0.1, 0.15) is 27.2 Å². The maximum absolute atomic E-state index is 13.2. The molecule has 0 aliphatic carbocycles. The summed E-state index contributed by atoms with van der Waals surface area (Å²) in [5, 5.41) is 17.6. The molecule has 1 amide bonds. The second-order valence-electron chi connectivity index (χ2n) is 7.45. The van der Waals surface area contributed by atoms with Crippen molar-refractivity contribution >= 4 is 39.0 Å². The molecule has 0 bridgehead atoms. The number of nitrogens with one attached hydrogen (secondary N) is 1. The summed E-state index contributed by atoms with van der Waals surface area (Å²) in [6.45, 7) is 6.48. The molecule has 11 heteroatoms. The Morgan fingerprint density at radius 1 is 1.11 bits per heavy atom. The van der Waals surface area contributed by atoms with Gasteiger partial charge in [0.05, 0.1) is 40.6 Å². The predicted molar refractivity (Wildman–Crippen MR) is 133 cm³/mol. The molecule has 1 aliphatic heterocycles. The molecule has 2 N–H and O–H groups in total. The number of hydrogen-bond donors (Lipinski definition) is 2. The summed E-state index contributed by atoms with van der Waals surface area (Å²) < 4.78 is 32.4. The van der Waals surface area contributed by atoms with Crippen LogP contribution in [0.15, 0.2) is 70.3 Å². The molecule has 186 valence electrons. The molecule has 0 saturated carbocycles. The zero-order chi connectivity index (χ0) is 25.6. The van der Waals surface area contributed by atoms with Gasteiger partial charge in [0.1, 0.15) is 5.75 Å². The minimum atomic E-state index is -3.66. The summed E-state index contributed by atoms with van der Waals surface area (Å²) in [7, 11) is -3.66. The van der Waals surface area contributed by atoms with Gasteiger partial charge >= 0.3 is 5.97 Å². The Balaban J connectivity index is 1.91. The average molecular weight is 501 g/mol. The molecule has 3 rings (SSSR count). The van der Waals surface area contributed by atoms with Crippen molar-refractivity contribution in [1.29, 1.82) is 0 Å². The van der Waals surface area contributed by atoms with Gasteiger partial charge in [0.25, 0.3) is 5.91 Å². The summed E-state index contributed by atoms with van der Waals surface area (Å²) in [5.74, 6) is -1.10. The number of amides is 1. The maximum Gasteiger partial charge on any atom is 0.309 e. The number of hydrazone groups is 1. The largest absolute Gasteiger partial charge is 0.492 e. The number of aliphatic carboxylic acids is 1. The van der Waals surface area contributed by atoms with Crippen LogP contribution >= 0.6 is 0 Å². The van der Waals surface area contributed by atoms with Gasteiger partial charge in [-0.3, -0.25) is 9.59 Å². The molecular formula is C24H28N4O6S. The van der Waals surface area contributed by atoms with E-state index in [1.165, 1.54) is 34.8 Å². The van der Waals surface area contributed by atoms with E-state index in [9.17, 15) is 23.1 Å². The van der Waals surface area contributed by atoms with Crippen LogP contribution in [0.5, 0.6) is 5.75 Å². The number of sulfonamides is 1. The number of para-hydroxylation sites is 2. The second-order valence-corrected chi connectivity index (χ2v) is 9.39. The van der Waals surface area contributed by atoms with Crippen molar-refractivity contribution in [2.24, 2.45) is 5.10 Å². The molecule has 10 nitrogen and oxygen atoms in total. The molecule has 2 aromatic rings. The van der Waals surface area contributed by atoms with Gasteiger partial charge in [-0.05, 0) is 43.3 Å². The van der Waals surface area contributed by atoms with Crippen LogP contribution in [0.3, 0.4) is 0 Å². The SMILES string of the molecule is CCOc1ccccc1NC=C1C(=O)N(c2ccc(S(=O)(=O)N(CC)CC)cc2)N=C1CC(=O)O. The van der Waals surface area contributed by atoms with Gasteiger partial charge in [0.15, 0.2) is 0 Å². The molecule has 35 heavy (non-hydrogen) atoms. The predicted octanol–water partition coefficient (Wildman–Crippen LogP) is 3.29. The highest BCUT2D eigenvalue weighted by atomic mass is 32.2. The lowest BCUT2D eigenvalue weighted by molar-refractivity contribution is -0.135. The van der Waals surface area contributed by atoms with Crippen LogP contribution in [0.25, 0.3) is 0 Å². The van der Waals surface area contributed by atoms with Gasteiger partial charge < -0.3 is 15.2 Å². The molecule has 1 heterocycles. The summed E-state index contributed by atoms with van der Waals surface area (Å²) >= 11 is 0. The van der Waals surface area contributed by atoms with Crippen LogP contribution in [-0.2, 0) is 19.6 Å². The van der Waals surface area contributed by atoms with Crippen molar-refractivity contribution < 1.29 is 27.9 Å². The molecule has 0 unspecified atom stereocenters.